The molecule has 0 fully saturated rings. The number of hydrogen-bond acceptors (Lipinski definition) is 3. The van der Waals surface area contributed by atoms with Gasteiger partial charge in [-0.3, -0.25) is 10.1 Å². The van der Waals surface area contributed by atoms with Gasteiger partial charge in [0.25, 0.3) is 0 Å². The number of nitrogens with one attached hydrogen (secondary N) is 1. The van der Waals surface area contributed by atoms with Gasteiger partial charge in [-0.05, 0) is 0 Å². The number of hydrogen-bond donors (Lipinski definition) is 2. The van der Waals surface area contributed by atoms with Crippen LogP contribution in [0.5, 0.6) is 0 Å². The van der Waals surface area contributed by atoms with E-state index in [-0.39, 0.29) is 12.4 Å². The molecule has 0 aromatic rings. The fourth-order valence-electron chi connectivity index (χ4n) is 1.30. The van der Waals surface area contributed by atoms with Crippen LogP contribution in [0, 0.1) is 0 Å². The van der Waals surface area contributed by atoms with Crippen LogP contribution in [0.4, 0.5) is 0 Å². The third kappa shape index (κ3) is 1.81. The molecule has 0 amide bonds. The molecule has 2 heterocycles. The molecule has 0 spiro atoms. The number of carboxylic acid groups (broad SMARTS) is 1. The van der Waals surface area contributed by atoms with Crippen LogP contribution in [0.2, 0.25) is 0 Å². The molecule has 0 aliphatic carbocycles. The number of carbonyl (C=O) groups is 1. The molecule has 71 valence electrons. The second-order valence-corrected chi connectivity index (χ2v) is 2.74. The van der Waals surface area contributed by atoms with Gasteiger partial charge in [-0.1, -0.05) is 0 Å². The van der Waals surface area contributed by atoms with Gasteiger partial charge in [0.1, 0.15) is 12.4 Å². The Balaban J connectivity index is 0.000000845. The number of carboxylic acids is 1. The van der Waals surface area contributed by atoms with Gasteiger partial charge in [0.05, 0.1) is 11.4 Å². The second kappa shape index (κ2) is 3.76. The van der Waals surface area contributed by atoms with Gasteiger partial charge in [0, 0.05) is 13.0 Å². The highest BCUT2D eigenvalue weighted by Crippen LogP contribution is 2.18. The molecule has 5 nitrogen and oxygen atoms in total. The Hall–Kier alpha value is -1.07. The van der Waals surface area contributed by atoms with Crippen molar-refractivity contribution < 1.29 is 9.90 Å². The van der Waals surface area contributed by atoms with Crippen LogP contribution in [-0.2, 0) is 4.79 Å². The Labute approximate surface area is 81.3 Å². The highest BCUT2D eigenvalue weighted by atomic mass is 35.5. The van der Waals surface area contributed by atoms with Crippen molar-refractivity contribution in [2.24, 2.45) is 4.99 Å². The Kier molecular flexibility index (Phi) is 2.90. The zero-order valence-corrected chi connectivity index (χ0v) is 7.54. The van der Waals surface area contributed by atoms with E-state index in [4.69, 9.17) is 5.11 Å². The maximum Gasteiger partial charge on any atom is 0.321 e. The topological polar surface area (TPSA) is 75.8 Å². The lowest BCUT2D eigenvalue weighted by Gasteiger charge is -2.19. The highest BCUT2D eigenvalue weighted by Gasteiger charge is 2.27. The zero-order chi connectivity index (χ0) is 8.55. The summed E-state index contributed by atoms with van der Waals surface area (Å²) in [6.45, 7) is 0.506. The minimum atomic E-state index is -0.830. The van der Waals surface area contributed by atoms with Gasteiger partial charge in [0.15, 0.2) is 0 Å². The lowest BCUT2D eigenvalue weighted by molar-refractivity contribution is -0.139. The van der Waals surface area contributed by atoms with Crippen LogP contribution in [0.15, 0.2) is 16.4 Å². The number of rotatable bonds is 1. The van der Waals surface area contributed by atoms with E-state index in [0.29, 0.717) is 13.0 Å². The molecule has 1 radical (unpaired) electrons. The van der Waals surface area contributed by atoms with E-state index in [2.05, 4.69) is 15.6 Å². The highest BCUT2D eigenvalue weighted by molar-refractivity contribution is 5.85. The Morgan fingerprint density at radius 3 is 3.08 bits per heavy atom. The first kappa shape index (κ1) is 10.0. The molecule has 0 saturated heterocycles. The summed E-state index contributed by atoms with van der Waals surface area (Å²) in [5.74, 6) is -0.830. The summed E-state index contributed by atoms with van der Waals surface area (Å²) in [6.07, 6.45) is 1.90. The lowest BCUT2D eigenvalue weighted by atomic mass is 10.1. The normalized spacial score (nSPS) is 24.8. The van der Waals surface area contributed by atoms with Crippen molar-refractivity contribution in [2.75, 3.05) is 6.54 Å². The van der Waals surface area contributed by atoms with Crippen molar-refractivity contribution in [3.05, 3.63) is 11.4 Å². The number of aliphatic carboxylic acids is 1. The van der Waals surface area contributed by atoms with Gasteiger partial charge in [0.2, 0.25) is 0 Å². The van der Waals surface area contributed by atoms with Gasteiger partial charge < -0.3 is 5.11 Å². The molecule has 1 atom stereocenters. The van der Waals surface area contributed by atoms with E-state index in [1.54, 1.807) is 0 Å². The van der Waals surface area contributed by atoms with Crippen molar-refractivity contribution in [2.45, 2.75) is 12.5 Å². The molecule has 0 saturated carbocycles. The quantitative estimate of drug-likeness (QED) is 0.614. The van der Waals surface area contributed by atoms with E-state index in [1.165, 1.54) is 6.34 Å². The van der Waals surface area contributed by atoms with Crippen LogP contribution in [0.3, 0.4) is 0 Å². The molecule has 0 unspecified atom stereocenters. The lowest BCUT2D eigenvalue weighted by Crippen LogP contribution is -2.41. The second-order valence-electron chi connectivity index (χ2n) is 2.74. The van der Waals surface area contributed by atoms with Crippen LogP contribution in [-0.4, -0.2) is 30.0 Å². The van der Waals surface area contributed by atoms with E-state index in [9.17, 15) is 4.79 Å². The largest absolute Gasteiger partial charge is 0.480 e. The third-order valence-corrected chi connectivity index (χ3v) is 1.97. The fourth-order valence-corrected chi connectivity index (χ4v) is 1.30. The smallest absolute Gasteiger partial charge is 0.321 e. The molecule has 2 aliphatic rings. The third-order valence-electron chi connectivity index (χ3n) is 1.97. The Morgan fingerprint density at radius 2 is 2.38 bits per heavy atom. The first-order chi connectivity index (χ1) is 5.77. The molecule has 2 aliphatic heterocycles. The predicted molar refractivity (Wildman–Crippen MR) is 48.9 cm³/mol. The summed E-state index contributed by atoms with van der Waals surface area (Å²) in [4.78, 5) is 14.6. The molecular formula is C7H9ClN3O2. The predicted octanol–water partition coefficient (Wildman–Crippen LogP) is -0.287. The van der Waals surface area contributed by atoms with E-state index >= 15 is 0 Å². The van der Waals surface area contributed by atoms with Crippen LogP contribution < -0.4 is 10.6 Å². The summed E-state index contributed by atoms with van der Waals surface area (Å²) in [5, 5.41) is 15.5. The van der Waals surface area contributed by atoms with Crippen molar-refractivity contribution in [3.8, 4) is 0 Å². The summed E-state index contributed by atoms with van der Waals surface area (Å²) in [5.41, 5.74) is 1.67. The molecule has 2 N–H and O–H groups in total. The molecule has 2 rings (SSSR count). The fraction of sp³-hybridized carbons (Fsp3) is 0.429. The molecule has 6 heteroatoms. The summed E-state index contributed by atoms with van der Waals surface area (Å²) in [7, 11) is 0. The van der Waals surface area contributed by atoms with E-state index in [0.717, 1.165) is 11.4 Å². The summed E-state index contributed by atoms with van der Waals surface area (Å²) in [6, 6.07) is -0.505. The first-order valence-electron chi connectivity index (χ1n) is 3.69. The maximum absolute atomic E-state index is 10.6. The number of aliphatic imine (C=N–C) groups is 1. The number of halogens is 1. The minimum Gasteiger partial charge on any atom is -0.480 e. The summed E-state index contributed by atoms with van der Waals surface area (Å²) >= 11 is 0. The van der Waals surface area contributed by atoms with Crippen LogP contribution in [0.25, 0.3) is 0 Å². The van der Waals surface area contributed by atoms with Crippen molar-refractivity contribution in [1.29, 1.82) is 0 Å². The minimum absolute atomic E-state index is 0. The van der Waals surface area contributed by atoms with Gasteiger partial charge >= 0.3 is 5.97 Å². The van der Waals surface area contributed by atoms with Crippen molar-refractivity contribution in [3.63, 3.8) is 0 Å². The molecule has 0 bridgehead atoms. The van der Waals surface area contributed by atoms with Gasteiger partial charge in [-0.25, -0.2) is 10.3 Å². The zero-order valence-electron chi connectivity index (χ0n) is 6.73. The first-order valence-corrected chi connectivity index (χ1v) is 3.69. The molecule has 0 aromatic heterocycles. The standard InChI is InChI=1S/C7H8N3O2.ClH/c11-7(12)5-1-4-6(2-8-5)10-3-9-4;/h3,5,8H,1-2H2,(H,11,12);1H/t5-;/m0./s1. The summed E-state index contributed by atoms with van der Waals surface area (Å²) < 4.78 is 0. The Morgan fingerprint density at radius 1 is 1.62 bits per heavy atom. The van der Waals surface area contributed by atoms with Crippen molar-refractivity contribution >= 4 is 24.7 Å². The van der Waals surface area contributed by atoms with Gasteiger partial charge in [-0.2, -0.15) is 0 Å². The maximum atomic E-state index is 10.6. The van der Waals surface area contributed by atoms with Gasteiger partial charge in [-0.15, -0.1) is 12.4 Å². The van der Waals surface area contributed by atoms with E-state index < -0.39 is 12.0 Å². The van der Waals surface area contributed by atoms with Crippen molar-refractivity contribution in [1.82, 2.24) is 10.6 Å². The van der Waals surface area contributed by atoms with E-state index in [1.807, 2.05) is 0 Å². The Bertz CT molecular complexity index is 287. The van der Waals surface area contributed by atoms with Crippen LogP contribution >= 0.6 is 12.4 Å². The SMILES string of the molecule is Cl.O=C(O)[C@@H]1CC2=C(CN1)N=C[N]2. The van der Waals surface area contributed by atoms with Crippen LogP contribution in [0.1, 0.15) is 6.42 Å². The molecular weight excluding hydrogens is 194 g/mol. The monoisotopic (exact) mass is 202 g/mol. The molecule has 0 aromatic carbocycles. The molecule has 13 heavy (non-hydrogen) atoms. The average Bonchev–Trinajstić information content (AvgIpc) is 2.49. The average molecular weight is 203 g/mol. The number of nitrogens with zero attached hydrogens (tertiary/aromatic N) is 2.